The highest BCUT2D eigenvalue weighted by Gasteiger charge is 2.48. The van der Waals surface area contributed by atoms with Gasteiger partial charge in [-0.05, 0) is 79.9 Å². The van der Waals surface area contributed by atoms with Gasteiger partial charge in [-0.2, -0.15) is 0 Å². The first kappa shape index (κ1) is 18.3. The summed E-state index contributed by atoms with van der Waals surface area (Å²) >= 11 is 1.56. The van der Waals surface area contributed by atoms with E-state index in [-0.39, 0.29) is 5.91 Å². The molecule has 0 N–H and O–H groups in total. The number of thiazole rings is 1. The van der Waals surface area contributed by atoms with E-state index >= 15 is 0 Å². The highest BCUT2D eigenvalue weighted by molar-refractivity contribution is 7.18. The van der Waals surface area contributed by atoms with E-state index in [4.69, 9.17) is 0 Å². The van der Waals surface area contributed by atoms with Crippen LogP contribution in [0.5, 0.6) is 0 Å². The summed E-state index contributed by atoms with van der Waals surface area (Å²) in [5.41, 5.74) is 1.56. The molecular weight excluding hydrogens is 368 g/mol. The molecule has 4 bridgehead atoms. The highest BCUT2D eigenvalue weighted by atomic mass is 32.1. The number of fused-ring (bicyclic) bond motifs is 1. The lowest BCUT2D eigenvalue weighted by molar-refractivity contribution is -0.123. The van der Waals surface area contributed by atoms with E-state index in [9.17, 15) is 9.59 Å². The van der Waals surface area contributed by atoms with Crippen molar-refractivity contribution in [3.63, 3.8) is 0 Å². The van der Waals surface area contributed by atoms with Crippen LogP contribution in [0.15, 0.2) is 18.2 Å². The maximum Gasteiger partial charge on any atom is 0.253 e. The first-order valence-corrected chi connectivity index (χ1v) is 11.4. The van der Waals surface area contributed by atoms with Crippen LogP contribution in [0.25, 0.3) is 10.2 Å². The quantitative estimate of drug-likeness (QED) is 0.744. The molecule has 0 atom stereocenters. The lowest BCUT2D eigenvalue weighted by Crippen LogP contribution is -2.45. The minimum absolute atomic E-state index is 0.00480. The van der Waals surface area contributed by atoms with Crippen LogP contribution >= 0.6 is 11.3 Å². The molecule has 0 unspecified atom stereocenters. The molecule has 4 aliphatic rings. The van der Waals surface area contributed by atoms with Crippen LogP contribution in [0.3, 0.4) is 0 Å². The first-order chi connectivity index (χ1) is 13.5. The summed E-state index contributed by atoms with van der Waals surface area (Å²) in [5, 5.41) is 0.887. The van der Waals surface area contributed by atoms with Gasteiger partial charge in [-0.3, -0.25) is 9.59 Å². The summed E-state index contributed by atoms with van der Waals surface area (Å²) in [7, 11) is 3.51. The zero-order valence-corrected chi connectivity index (χ0v) is 17.5. The molecule has 148 valence electrons. The summed E-state index contributed by atoms with van der Waals surface area (Å²) in [5.74, 6) is 4.48. The van der Waals surface area contributed by atoms with Crippen LogP contribution in [-0.2, 0) is 11.2 Å². The molecule has 0 aliphatic heterocycles. The molecule has 4 saturated carbocycles. The van der Waals surface area contributed by atoms with Crippen LogP contribution < -0.4 is 0 Å². The van der Waals surface area contributed by atoms with Crippen molar-refractivity contribution in [2.24, 2.45) is 29.6 Å². The minimum Gasteiger partial charge on any atom is -0.345 e. The molecule has 0 saturated heterocycles. The second-order valence-corrected chi connectivity index (χ2v) is 10.6. The Bertz CT molecular complexity index is 904. The average molecular weight is 397 g/mol. The highest BCUT2D eigenvalue weighted by Crippen LogP contribution is 2.57. The number of benzene rings is 1. The first-order valence-electron chi connectivity index (χ1n) is 10.6. The van der Waals surface area contributed by atoms with E-state index < -0.39 is 0 Å². The molecule has 4 nitrogen and oxygen atoms in total. The van der Waals surface area contributed by atoms with E-state index in [2.05, 4.69) is 4.98 Å². The Kier molecular flexibility index (Phi) is 4.53. The molecule has 4 fully saturated rings. The van der Waals surface area contributed by atoms with Gasteiger partial charge in [0, 0.05) is 26.1 Å². The Balaban J connectivity index is 1.27. The van der Waals surface area contributed by atoms with Crippen molar-refractivity contribution in [2.75, 3.05) is 14.1 Å². The molecular formula is C23H28N2O2S. The number of ketones is 1. The number of rotatable bonds is 5. The third-order valence-corrected chi connectivity index (χ3v) is 8.34. The molecule has 1 aromatic heterocycles. The predicted molar refractivity (Wildman–Crippen MR) is 112 cm³/mol. The van der Waals surface area contributed by atoms with Crippen molar-refractivity contribution >= 4 is 33.2 Å². The monoisotopic (exact) mass is 396 g/mol. The molecule has 4 aliphatic carbocycles. The van der Waals surface area contributed by atoms with Crippen molar-refractivity contribution in [3.8, 4) is 0 Å². The predicted octanol–water partition coefficient (Wildman–Crippen LogP) is 4.57. The molecule has 5 heteroatoms. The molecule has 1 aromatic carbocycles. The van der Waals surface area contributed by atoms with Crippen LogP contribution in [0, 0.1) is 29.6 Å². The minimum atomic E-state index is -0.00480. The number of hydrogen-bond acceptors (Lipinski definition) is 4. The molecule has 2 aromatic rings. The second-order valence-electron chi connectivity index (χ2n) is 9.50. The van der Waals surface area contributed by atoms with Crippen LogP contribution in [-0.4, -0.2) is 35.7 Å². The number of amides is 1. The lowest BCUT2D eigenvalue weighted by Gasteiger charge is -2.54. The fraction of sp³-hybridized carbons (Fsp3) is 0.609. The summed E-state index contributed by atoms with van der Waals surface area (Å²) in [6, 6.07) is 5.62. The van der Waals surface area contributed by atoms with Crippen molar-refractivity contribution in [2.45, 2.75) is 44.9 Å². The summed E-state index contributed by atoms with van der Waals surface area (Å²) in [6.07, 6.45) is 8.12. The van der Waals surface area contributed by atoms with Gasteiger partial charge in [0.15, 0.2) is 0 Å². The van der Waals surface area contributed by atoms with Crippen molar-refractivity contribution in [3.05, 3.63) is 28.8 Å². The summed E-state index contributed by atoms with van der Waals surface area (Å²) in [6.45, 7) is 0. The molecule has 0 radical (unpaired) electrons. The second kappa shape index (κ2) is 6.94. The van der Waals surface area contributed by atoms with Crippen molar-refractivity contribution in [1.29, 1.82) is 0 Å². The van der Waals surface area contributed by atoms with Gasteiger partial charge in [-0.15, -0.1) is 11.3 Å². The topological polar surface area (TPSA) is 50.3 Å². The Morgan fingerprint density at radius 2 is 1.75 bits per heavy atom. The number of carbonyl (C=O) groups excluding carboxylic acids is 2. The summed E-state index contributed by atoms with van der Waals surface area (Å²) < 4.78 is 0.991. The largest absolute Gasteiger partial charge is 0.345 e. The fourth-order valence-corrected chi connectivity index (χ4v) is 7.35. The maximum atomic E-state index is 12.9. The number of carbonyl (C=O) groups is 2. The standard InChI is InChI=1S/C23H28N2O2S/c1-25(2)23(27)15-3-4-20-21(10-15)28-22(24-20)12-18(26)11-19-16-6-13-5-14(8-16)9-17(19)7-13/h3-4,10,13-14,16-17,19H,5-9,11-12H2,1-2H3. The van der Waals surface area contributed by atoms with Crippen LogP contribution in [0.4, 0.5) is 0 Å². The SMILES string of the molecule is CN(C)C(=O)c1ccc2nc(CC(=O)CC3C4CC5CC(C4)CC3C5)sc2c1. The third kappa shape index (κ3) is 3.28. The average Bonchev–Trinajstić information content (AvgIpc) is 3.04. The Labute approximate surface area is 170 Å². The van der Waals surface area contributed by atoms with Gasteiger partial charge in [0.1, 0.15) is 10.8 Å². The van der Waals surface area contributed by atoms with Gasteiger partial charge >= 0.3 is 0 Å². The van der Waals surface area contributed by atoms with Gasteiger partial charge in [0.25, 0.3) is 5.91 Å². The molecule has 1 amide bonds. The van der Waals surface area contributed by atoms with E-state index in [1.165, 1.54) is 32.1 Å². The van der Waals surface area contributed by atoms with E-state index in [0.29, 0.717) is 23.7 Å². The smallest absolute Gasteiger partial charge is 0.253 e. The van der Waals surface area contributed by atoms with Gasteiger partial charge in [0.05, 0.1) is 16.6 Å². The number of nitrogens with zero attached hydrogens (tertiary/aromatic N) is 2. The van der Waals surface area contributed by atoms with Gasteiger partial charge in [-0.25, -0.2) is 4.98 Å². The molecule has 1 heterocycles. The number of Topliss-reactive ketones (excluding diaryl/α,β-unsaturated/α-hetero) is 1. The van der Waals surface area contributed by atoms with E-state index in [0.717, 1.165) is 45.3 Å². The molecule has 0 spiro atoms. The van der Waals surface area contributed by atoms with E-state index in [1.54, 1.807) is 30.3 Å². The molecule has 6 rings (SSSR count). The van der Waals surface area contributed by atoms with Crippen LogP contribution in [0.2, 0.25) is 0 Å². The Morgan fingerprint density at radius 3 is 2.39 bits per heavy atom. The Hall–Kier alpha value is -1.75. The Morgan fingerprint density at radius 1 is 1.07 bits per heavy atom. The normalized spacial score (nSPS) is 30.7. The maximum absolute atomic E-state index is 12.9. The van der Waals surface area contributed by atoms with Crippen LogP contribution in [0.1, 0.15) is 53.9 Å². The van der Waals surface area contributed by atoms with Gasteiger partial charge < -0.3 is 4.90 Å². The zero-order valence-electron chi connectivity index (χ0n) is 16.7. The third-order valence-electron chi connectivity index (χ3n) is 7.32. The van der Waals surface area contributed by atoms with E-state index in [1.807, 2.05) is 18.2 Å². The van der Waals surface area contributed by atoms with Crippen molar-refractivity contribution < 1.29 is 9.59 Å². The zero-order chi connectivity index (χ0) is 19.4. The fourth-order valence-electron chi connectivity index (χ4n) is 6.31. The summed E-state index contributed by atoms with van der Waals surface area (Å²) in [4.78, 5) is 31.3. The van der Waals surface area contributed by atoms with Crippen molar-refractivity contribution in [1.82, 2.24) is 9.88 Å². The number of hydrogen-bond donors (Lipinski definition) is 0. The molecule has 28 heavy (non-hydrogen) atoms. The van der Waals surface area contributed by atoms with Gasteiger partial charge in [-0.1, -0.05) is 0 Å². The number of aromatic nitrogens is 1. The van der Waals surface area contributed by atoms with Gasteiger partial charge in [0.2, 0.25) is 0 Å². The lowest BCUT2D eigenvalue weighted by atomic mass is 9.51.